The number of aromatic hydroxyl groups is 2. The van der Waals surface area contributed by atoms with Crippen molar-refractivity contribution in [3.8, 4) is 34.3 Å². The maximum atomic E-state index is 11.7. The number of H-pyrrole nitrogens is 1. The van der Waals surface area contributed by atoms with Crippen molar-refractivity contribution in [3.05, 3.63) is 53.7 Å². The number of nitrogens with zero attached hydrogens (tertiary/aromatic N) is 1. The zero-order valence-electron chi connectivity index (χ0n) is 14.3. The molecule has 1 aromatic heterocycles. The molecule has 134 valence electrons. The molecular weight excluding hydrogens is 336 g/mol. The molecule has 0 aliphatic heterocycles. The van der Waals surface area contributed by atoms with Crippen LogP contribution in [0.25, 0.3) is 11.3 Å². The molecule has 0 aliphatic carbocycles. The van der Waals surface area contributed by atoms with Crippen LogP contribution in [0.15, 0.2) is 42.5 Å². The zero-order valence-corrected chi connectivity index (χ0v) is 14.3. The van der Waals surface area contributed by atoms with E-state index in [1.807, 2.05) is 0 Å². The number of aryl methyl sites for hydroxylation is 1. The van der Waals surface area contributed by atoms with E-state index in [1.165, 1.54) is 12.1 Å². The molecule has 2 aromatic carbocycles. The summed E-state index contributed by atoms with van der Waals surface area (Å²) in [5, 5.41) is 26.5. The van der Waals surface area contributed by atoms with Gasteiger partial charge in [0.2, 0.25) is 0 Å². The molecule has 0 fully saturated rings. The first kappa shape index (κ1) is 17.3. The van der Waals surface area contributed by atoms with Crippen molar-refractivity contribution in [2.75, 3.05) is 6.61 Å². The van der Waals surface area contributed by atoms with Gasteiger partial charge in [0.25, 0.3) is 0 Å². The molecule has 0 saturated carbocycles. The highest BCUT2D eigenvalue weighted by atomic mass is 16.5. The molecule has 0 radical (unpaired) electrons. The molecule has 0 aliphatic rings. The van der Waals surface area contributed by atoms with E-state index in [1.54, 1.807) is 44.2 Å². The minimum atomic E-state index is -0.395. The number of ether oxygens (including phenoxy) is 2. The topological polar surface area (TPSA) is 105 Å². The highest BCUT2D eigenvalue weighted by molar-refractivity contribution is 5.89. The molecule has 1 heterocycles. The molecule has 7 nitrogen and oxygen atoms in total. The SMILES string of the molecule is CCOC(=O)c1ccc(Oc2c(-c3ccc(O)cc3O)n[nH]c2C)cc1. The summed E-state index contributed by atoms with van der Waals surface area (Å²) in [6.07, 6.45) is 0. The maximum Gasteiger partial charge on any atom is 0.338 e. The summed E-state index contributed by atoms with van der Waals surface area (Å²) in [7, 11) is 0. The van der Waals surface area contributed by atoms with E-state index < -0.39 is 5.97 Å². The average molecular weight is 354 g/mol. The van der Waals surface area contributed by atoms with E-state index in [9.17, 15) is 15.0 Å². The summed E-state index contributed by atoms with van der Waals surface area (Å²) in [6, 6.07) is 10.8. The van der Waals surface area contributed by atoms with E-state index in [0.717, 1.165) is 0 Å². The van der Waals surface area contributed by atoms with Gasteiger partial charge in [-0.2, -0.15) is 5.10 Å². The Morgan fingerprint density at radius 3 is 2.54 bits per heavy atom. The van der Waals surface area contributed by atoms with Gasteiger partial charge >= 0.3 is 5.97 Å². The average Bonchev–Trinajstić information content (AvgIpc) is 2.96. The minimum absolute atomic E-state index is 0.0458. The quantitative estimate of drug-likeness (QED) is 0.603. The fourth-order valence-corrected chi connectivity index (χ4v) is 2.44. The van der Waals surface area contributed by atoms with Crippen LogP contribution >= 0.6 is 0 Å². The van der Waals surface area contributed by atoms with E-state index in [2.05, 4.69) is 10.2 Å². The lowest BCUT2D eigenvalue weighted by molar-refractivity contribution is 0.0526. The third kappa shape index (κ3) is 3.46. The van der Waals surface area contributed by atoms with E-state index in [4.69, 9.17) is 9.47 Å². The van der Waals surface area contributed by atoms with Crippen LogP contribution in [-0.2, 0) is 4.74 Å². The summed E-state index contributed by atoms with van der Waals surface area (Å²) < 4.78 is 10.8. The molecular formula is C19H18N2O5. The number of phenolic OH excluding ortho intramolecular Hbond substituents is 2. The Hall–Kier alpha value is -3.48. The monoisotopic (exact) mass is 354 g/mol. The van der Waals surface area contributed by atoms with Gasteiger partial charge < -0.3 is 19.7 Å². The number of carbonyl (C=O) groups excluding carboxylic acids is 1. The van der Waals surface area contributed by atoms with Crippen LogP contribution in [0.2, 0.25) is 0 Å². The maximum absolute atomic E-state index is 11.7. The Kier molecular flexibility index (Phi) is 4.79. The molecule has 7 heteroatoms. The van der Waals surface area contributed by atoms with E-state index >= 15 is 0 Å². The summed E-state index contributed by atoms with van der Waals surface area (Å²) in [6.45, 7) is 3.85. The highest BCUT2D eigenvalue weighted by Gasteiger charge is 2.18. The van der Waals surface area contributed by atoms with Gasteiger partial charge in [-0.1, -0.05) is 0 Å². The van der Waals surface area contributed by atoms with Gasteiger partial charge in [-0.15, -0.1) is 0 Å². The normalized spacial score (nSPS) is 10.5. The van der Waals surface area contributed by atoms with Crippen LogP contribution in [0.3, 0.4) is 0 Å². The van der Waals surface area contributed by atoms with Crippen LogP contribution in [0.4, 0.5) is 0 Å². The van der Waals surface area contributed by atoms with Crippen LogP contribution in [0.1, 0.15) is 23.0 Å². The number of aromatic amines is 1. The molecule has 0 saturated heterocycles. The predicted molar refractivity (Wildman–Crippen MR) is 94.6 cm³/mol. The van der Waals surface area contributed by atoms with Crippen molar-refractivity contribution in [2.45, 2.75) is 13.8 Å². The number of phenols is 2. The molecule has 0 spiro atoms. The third-order valence-electron chi connectivity index (χ3n) is 3.71. The highest BCUT2D eigenvalue weighted by Crippen LogP contribution is 2.39. The third-order valence-corrected chi connectivity index (χ3v) is 3.71. The van der Waals surface area contributed by atoms with Gasteiger partial charge in [0.1, 0.15) is 22.9 Å². The van der Waals surface area contributed by atoms with Crippen LogP contribution in [-0.4, -0.2) is 33.0 Å². The number of esters is 1. The Balaban J connectivity index is 1.89. The second-order valence-corrected chi connectivity index (χ2v) is 5.57. The van der Waals surface area contributed by atoms with Gasteiger partial charge in [-0.3, -0.25) is 5.10 Å². The molecule has 0 amide bonds. The fourth-order valence-electron chi connectivity index (χ4n) is 2.44. The Bertz CT molecular complexity index is 932. The number of carbonyl (C=O) groups is 1. The van der Waals surface area contributed by atoms with Gasteiger partial charge in [0.05, 0.1) is 17.9 Å². The smallest absolute Gasteiger partial charge is 0.338 e. The number of aromatic nitrogens is 2. The van der Waals surface area contributed by atoms with Crippen molar-refractivity contribution < 1.29 is 24.5 Å². The van der Waals surface area contributed by atoms with Gasteiger partial charge in [0, 0.05) is 11.6 Å². The molecule has 0 bridgehead atoms. The van der Waals surface area contributed by atoms with Crippen molar-refractivity contribution in [2.24, 2.45) is 0 Å². The Morgan fingerprint density at radius 1 is 1.15 bits per heavy atom. The first-order valence-electron chi connectivity index (χ1n) is 8.02. The van der Waals surface area contributed by atoms with Crippen molar-refractivity contribution >= 4 is 5.97 Å². The number of nitrogens with one attached hydrogen (secondary N) is 1. The van der Waals surface area contributed by atoms with Gasteiger partial charge in [-0.25, -0.2) is 4.79 Å². The first-order chi connectivity index (χ1) is 12.5. The minimum Gasteiger partial charge on any atom is -0.508 e. The molecule has 26 heavy (non-hydrogen) atoms. The Labute approximate surface area is 149 Å². The summed E-state index contributed by atoms with van der Waals surface area (Å²) in [5.74, 6) is 0.389. The van der Waals surface area contributed by atoms with Crippen LogP contribution in [0.5, 0.6) is 23.0 Å². The molecule has 0 unspecified atom stereocenters. The Morgan fingerprint density at radius 2 is 1.88 bits per heavy atom. The lowest BCUT2D eigenvalue weighted by Crippen LogP contribution is -2.04. The van der Waals surface area contributed by atoms with Crippen molar-refractivity contribution in [3.63, 3.8) is 0 Å². The standard InChI is InChI=1S/C19H18N2O5/c1-3-25-19(24)12-4-7-14(8-5-12)26-18-11(2)20-21-17(18)15-9-6-13(22)10-16(15)23/h4-10,22-23H,3H2,1-2H3,(H,20,21). The molecule has 0 atom stereocenters. The van der Waals surface area contributed by atoms with Gasteiger partial charge in [-0.05, 0) is 50.2 Å². The summed E-state index contributed by atoms with van der Waals surface area (Å²) >= 11 is 0. The lowest BCUT2D eigenvalue weighted by Gasteiger charge is -2.09. The largest absolute Gasteiger partial charge is 0.508 e. The number of hydrogen-bond acceptors (Lipinski definition) is 6. The number of rotatable bonds is 5. The van der Waals surface area contributed by atoms with Crippen molar-refractivity contribution in [1.29, 1.82) is 0 Å². The van der Waals surface area contributed by atoms with Crippen LogP contribution < -0.4 is 4.74 Å². The second kappa shape index (κ2) is 7.18. The predicted octanol–water partition coefficient (Wildman–Crippen LogP) is 3.77. The van der Waals surface area contributed by atoms with Gasteiger partial charge in [0.15, 0.2) is 5.75 Å². The van der Waals surface area contributed by atoms with E-state index in [-0.39, 0.29) is 11.5 Å². The summed E-state index contributed by atoms with van der Waals surface area (Å²) in [4.78, 5) is 11.7. The van der Waals surface area contributed by atoms with Crippen molar-refractivity contribution in [1.82, 2.24) is 10.2 Å². The zero-order chi connectivity index (χ0) is 18.7. The number of hydrogen-bond donors (Lipinski definition) is 3. The summed E-state index contributed by atoms with van der Waals surface area (Å²) in [5.41, 5.74) is 1.93. The molecule has 3 aromatic rings. The fraction of sp³-hybridized carbons (Fsp3) is 0.158. The second-order valence-electron chi connectivity index (χ2n) is 5.57. The number of benzene rings is 2. The molecule has 3 rings (SSSR count). The first-order valence-corrected chi connectivity index (χ1v) is 8.02. The lowest BCUT2D eigenvalue weighted by atomic mass is 10.1. The van der Waals surface area contributed by atoms with E-state index in [0.29, 0.717) is 40.6 Å². The molecule has 3 N–H and O–H groups in total. The van der Waals surface area contributed by atoms with Crippen LogP contribution in [0, 0.1) is 6.92 Å².